The number of rotatable bonds is 5. The lowest BCUT2D eigenvalue weighted by atomic mass is 10.2. The van der Waals surface area contributed by atoms with Gasteiger partial charge in [0.15, 0.2) is 0 Å². The lowest BCUT2D eigenvalue weighted by Crippen LogP contribution is -2.00. The Labute approximate surface area is 125 Å². The molecule has 0 aliphatic rings. The van der Waals surface area contributed by atoms with Crippen LogP contribution in [0.2, 0.25) is 0 Å². The first-order valence-corrected chi connectivity index (χ1v) is 6.38. The van der Waals surface area contributed by atoms with E-state index < -0.39 is 10.9 Å². The van der Waals surface area contributed by atoms with Crippen LogP contribution < -0.4 is 0 Å². The quantitative estimate of drug-likeness (QED) is 0.367. The number of nitro benzene ring substituents is 1. The van der Waals surface area contributed by atoms with Crippen molar-refractivity contribution in [3.05, 3.63) is 81.7 Å². The molecule has 0 aromatic heterocycles. The van der Waals surface area contributed by atoms with E-state index >= 15 is 0 Å². The fraction of sp³-hybridized carbons (Fsp3) is 0.0625. The second-order valence-electron chi connectivity index (χ2n) is 4.42. The molecule has 112 valence electrons. The lowest BCUT2D eigenvalue weighted by molar-refractivity contribution is -0.384. The molecule has 0 fully saturated rings. The predicted molar refractivity (Wildman–Crippen MR) is 78.3 cm³/mol. The van der Waals surface area contributed by atoms with Gasteiger partial charge in [0.25, 0.3) is 5.69 Å². The fourth-order valence-corrected chi connectivity index (χ4v) is 1.69. The molecule has 0 saturated carbocycles. The molecule has 0 radical (unpaired) electrons. The minimum atomic E-state index is -0.581. The Balaban J connectivity index is 1.88. The second kappa shape index (κ2) is 7.12. The maximum Gasteiger partial charge on any atom is 0.331 e. The van der Waals surface area contributed by atoms with Gasteiger partial charge in [0.1, 0.15) is 12.4 Å². The van der Waals surface area contributed by atoms with Gasteiger partial charge in [0, 0.05) is 18.2 Å². The van der Waals surface area contributed by atoms with Crippen LogP contribution >= 0.6 is 0 Å². The number of carbonyl (C=O) groups is 1. The molecule has 0 bridgehead atoms. The average molecular weight is 301 g/mol. The van der Waals surface area contributed by atoms with Crippen LogP contribution in [0.4, 0.5) is 10.1 Å². The van der Waals surface area contributed by atoms with Crippen molar-refractivity contribution in [3.8, 4) is 0 Å². The summed E-state index contributed by atoms with van der Waals surface area (Å²) in [6, 6.07) is 11.5. The molecule has 0 N–H and O–H groups in total. The van der Waals surface area contributed by atoms with Crippen molar-refractivity contribution in [2.45, 2.75) is 6.61 Å². The van der Waals surface area contributed by atoms with E-state index in [0.29, 0.717) is 11.1 Å². The number of ether oxygens (including phenoxy) is 1. The van der Waals surface area contributed by atoms with Crippen molar-refractivity contribution < 1.29 is 18.8 Å². The van der Waals surface area contributed by atoms with Gasteiger partial charge in [-0.2, -0.15) is 0 Å². The van der Waals surface area contributed by atoms with Crippen LogP contribution in [0.5, 0.6) is 0 Å². The summed E-state index contributed by atoms with van der Waals surface area (Å²) < 4.78 is 17.9. The number of hydrogen-bond donors (Lipinski definition) is 0. The van der Waals surface area contributed by atoms with E-state index in [1.165, 1.54) is 54.6 Å². The van der Waals surface area contributed by atoms with E-state index in [4.69, 9.17) is 4.74 Å². The summed E-state index contributed by atoms with van der Waals surface area (Å²) in [6.07, 6.45) is 2.64. The largest absolute Gasteiger partial charge is 0.458 e. The van der Waals surface area contributed by atoms with Gasteiger partial charge in [0.05, 0.1) is 4.92 Å². The molecule has 2 rings (SSSR count). The van der Waals surface area contributed by atoms with Gasteiger partial charge >= 0.3 is 5.97 Å². The number of nitro groups is 1. The maximum absolute atomic E-state index is 13.0. The zero-order valence-electron chi connectivity index (χ0n) is 11.4. The Morgan fingerprint density at radius 1 is 1.23 bits per heavy atom. The molecule has 5 nitrogen and oxygen atoms in total. The van der Waals surface area contributed by atoms with Crippen LogP contribution in [0.25, 0.3) is 6.08 Å². The number of hydrogen-bond acceptors (Lipinski definition) is 4. The molecule has 0 amide bonds. The monoisotopic (exact) mass is 301 g/mol. The van der Waals surface area contributed by atoms with Crippen molar-refractivity contribution in [3.63, 3.8) is 0 Å². The zero-order valence-corrected chi connectivity index (χ0v) is 11.4. The number of nitrogens with zero attached hydrogens (tertiary/aromatic N) is 1. The molecule has 0 aliphatic heterocycles. The Morgan fingerprint density at radius 2 is 1.95 bits per heavy atom. The molecule has 0 aliphatic carbocycles. The molecular formula is C16H12FNO4. The molecule has 2 aromatic carbocycles. The number of esters is 1. The van der Waals surface area contributed by atoms with Crippen LogP contribution in [-0.4, -0.2) is 10.9 Å². The highest BCUT2D eigenvalue weighted by atomic mass is 19.1. The van der Waals surface area contributed by atoms with Crippen LogP contribution in [0.15, 0.2) is 54.6 Å². The first kappa shape index (κ1) is 15.4. The van der Waals surface area contributed by atoms with E-state index in [0.717, 1.165) is 0 Å². The number of halogens is 1. The molecule has 0 spiro atoms. The van der Waals surface area contributed by atoms with Gasteiger partial charge in [-0.05, 0) is 41.5 Å². The number of carbonyl (C=O) groups excluding carboxylic acids is 1. The van der Waals surface area contributed by atoms with Gasteiger partial charge in [-0.15, -0.1) is 0 Å². The van der Waals surface area contributed by atoms with Gasteiger partial charge in [-0.25, -0.2) is 9.18 Å². The van der Waals surface area contributed by atoms with Gasteiger partial charge in [-0.1, -0.05) is 12.1 Å². The normalized spacial score (nSPS) is 10.6. The highest BCUT2D eigenvalue weighted by Gasteiger charge is 2.05. The minimum Gasteiger partial charge on any atom is -0.458 e. The van der Waals surface area contributed by atoms with Crippen molar-refractivity contribution in [2.24, 2.45) is 0 Å². The Bertz CT molecular complexity index is 710. The van der Waals surface area contributed by atoms with E-state index in [1.54, 1.807) is 6.07 Å². The Hall–Kier alpha value is -3.02. The third-order valence-electron chi connectivity index (χ3n) is 2.79. The van der Waals surface area contributed by atoms with Gasteiger partial charge in [-0.3, -0.25) is 10.1 Å². The molecule has 0 unspecified atom stereocenters. The van der Waals surface area contributed by atoms with E-state index in [1.807, 2.05) is 0 Å². The van der Waals surface area contributed by atoms with E-state index in [-0.39, 0.29) is 18.1 Å². The van der Waals surface area contributed by atoms with Crippen molar-refractivity contribution in [2.75, 3.05) is 0 Å². The van der Waals surface area contributed by atoms with Crippen LogP contribution in [0.1, 0.15) is 11.1 Å². The topological polar surface area (TPSA) is 69.4 Å². The van der Waals surface area contributed by atoms with Gasteiger partial charge in [0.2, 0.25) is 0 Å². The van der Waals surface area contributed by atoms with Crippen molar-refractivity contribution >= 4 is 17.7 Å². The minimum absolute atomic E-state index is 0.00428. The molecule has 2 aromatic rings. The molecule has 0 saturated heterocycles. The van der Waals surface area contributed by atoms with Crippen LogP contribution in [-0.2, 0) is 16.1 Å². The Kier molecular flexibility index (Phi) is 4.98. The summed E-state index contributed by atoms with van der Waals surface area (Å²) in [7, 11) is 0. The molecule has 0 atom stereocenters. The fourth-order valence-electron chi connectivity index (χ4n) is 1.69. The smallest absolute Gasteiger partial charge is 0.331 e. The molecule has 6 heteroatoms. The molecular weight excluding hydrogens is 289 g/mol. The SMILES string of the molecule is O=C(/C=C/c1cccc(F)c1)OCc1ccc([N+](=O)[O-])cc1. The third kappa shape index (κ3) is 4.52. The lowest BCUT2D eigenvalue weighted by Gasteiger charge is -2.02. The third-order valence-corrected chi connectivity index (χ3v) is 2.79. The van der Waals surface area contributed by atoms with Crippen LogP contribution in [0.3, 0.4) is 0 Å². The second-order valence-corrected chi connectivity index (χ2v) is 4.42. The van der Waals surface area contributed by atoms with Crippen molar-refractivity contribution in [1.82, 2.24) is 0 Å². The Morgan fingerprint density at radius 3 is 2.59 bits per heavy atom. The number of non-ortho nitro benzene ring substituents is 1. The standard InChI is InChI=1S/C16H12FNO4/c17-14-3-1-2-12(10-14)6-9-16(19)22-11-13-4-7-15(8-5-13)18(20)21/h1-10H,11H2/b9-6+. The molecule has 22 heavy (non-hydrogen) atoms. The zero-order chi connectivity index (χ0) is 15.9. The highest BCUT2D eigenvalue weighted by molar-refractivity contribution is 5.87. The highest BCUT2D eigenvalue weighted by Crippen LogP contribution is 2.12. The van der Waals surface area contributed by atoms with Gasteiger partial charge < -0.3 is 4.74 Å². The predicted octanol–water partition coefficient (Wildman–Crippen LogP) is 3.49. The summed E-state index contributed by atoms with van der Waals surface area (Å²) in [4.78, 5) is 21.5. The summed E-state index contributed by atoms with van der Waals surface area (Å²) in [5.41, 5.74) is 1.16. The first-order valence-electron chi connectivity index (χ1n) is 6.38. The summed E-state index contributed by atoms with van der Waals surface area (Å²) in [5.74, 6) is -0.969. The number of benzene rings is 2. The summed E-state index contributed by atoms with van der Waals surface area (Å²) in [5, 5.41) is 10.5. The summed E-state index contributed by atoms with van der Waals surface area (Å²) in [6.45, 7) is 0.00428. The van der Waals surface area contributed by atoms with E-state index in [2.05, 4.69) is 0 Å². The maximum atomic E-state index is 13.0. The van der Waals surface area contributed by atoms with Crippen molar-refractivity contribution in [1.29, 1.82) is 0 Å². The average Bonchev–Trinajstić information content (AvgIpc) is 2.51. The van der Waals surface area contributed by atoms with Crippen LogP contribution in [0, 0.1) is 15.9 Å². The molecule has 0 heterocycles. The first-order chi connectivity index (χ1) is 10.5. The van der Waals surface area contributed by atoms with E-state index in [9.17, 15) is 19.3 Å². The summed E-state index contributed by atoms with van der Waals surface area (Å²) >= 11 is 0.